The van der Waals surface area contributed by atoms with Crippen molar-refractivity contribution in [1.29, 1.82) is 0 Å². The number of carbonyl (C=O) groups excluding carboxylic acids is 2. The molecular formula is C23H28O4. The number of hydrogen-bond acceptors (Lipinski definition) is 4. The third-order valence-corrected chi connectivity index (χ3v) is 6.16. The summed E-state index contributed by atoms with van der Waals surface area (Å²) in [6, 6.07) is 7.45. The van der Waals surface area contributed by atoms with Crippen LogP contribution in [0, 0.1) is 17.8 Å². The van der Waals surface area contributed by atoms with Crippen LogP contribution >= 0.6 is 0 Å². The van der Waals surface area contributed by atoms with Crippen LogP contribution in [-0.4, -0.2) is 18.9 Å². The van der Waals surface area contributed by atoms with E-state index in [1.54, 1.807) is 7.11 Å². The fourth-order valence-corrected chi connectivity index (χ4v) is 4.24. The lowest BCUT2D eigenvalue weighted by molar-refractivity contribution is -0.141. The van der Waals surface area contributed by atoms with Gasteiger partial charge in [0.15, 0.2) is 5.78 Å². The topological polar surface area (TPSA) is 52.6 Å². The van der Waals surface area contributed by atoms with Crippen molar-refractivity contribution in [2.45, 2.75) is 46.1 Å². The summed E-state index contributed by atoms with van der Waals surface area (Å²) in [6.45, 7) is 8.40. The van der Waals surface area contributed by atoms with Crippen molar-refractivity contribution in [3.8, 4) is 5.75 Å². The number of benzene rings is 1. The van der Waals surface area contributed by atoms with Gasteiger partial charge in [0.05, 0.1) is 7.11 Å². The minimum Gasteiger partial charge on any atom is -0.497 e. The van der Waals surface area contributed by atoms with Gasteiger partial charge >= 0.3 is 5.97 Å². The maximum atomic E-state index is 12.5. The average Bonchev–Trinajstić information content (AvgIpc) is 2.86. The van der Waals surface area contributed by atoms with Gasteiger partial charge in [-0.05, 0) is 67.2 Å². The van der Waals surface area contributed by atoms with Crippen LogP contribution in [0.1, 0.15) is 45.1 Å². The Morgan fingerprint density at radius 1 is 1.19 bits per heavy atom. The highest BCUT2D eigenvalue weighted by atomic mass is 16.5. The molecule has 0 radical (unpaired) electrons. The zero-order valence-electron chi connectivity index (χ0n) is 16.4. The molecule has 2 aliphatic rings. The van der Waals surface area contributed by atoms with Gasteiger partial charge in [-0.2, -0.15) is 0 Å². The molecule has 2 aliphatic carbocycles. The lowest BCUT2D eigenvalue weighted by Crippen LogP contribution is -2.15. The molecule has 1 aromatic carbocycles. The molecule has 4 nitrogen and oxygen atoms in total. The zero-order valence-corrected chi connectivity index (χ0v) is 16.4. The van der Waals surface area contributed by atoms with Crippen LogP contribution in [0.2, 0.25) is 0 Å². The van der Waals surface area contributed by atoms with E-state index in [-0.39, 0.29) is 24.3 Å². The van der Waals surface area contributed by atoms with Crippen molar-refractivity contribution < 1.29 is 19.1 Å². The van der Waals surface area contributed by atoms with E-state index in [2.05, 4.69) is 13.5 Å². The van der Waals surface area contributed by atoms with Gasteiger partial charge in [-0.15, -0.1) is 0 Å². The first kappa shape index (κ1) is 19.4. The van der Waals surface area contributed by atoms with Crippen molar-refractivity contribution in [2.24, 2.45) is 17.8 Å². The highest BCUT2D eigenvalue weighted by molar-refractivity contribution is 5.98. The molecule has 0 heterocycles. The summed E-state index contributed by atoms with van der Waals surface area (Å²) in [6.07, 6.45) is 3.30. The second-order valence-electron chi connectivity index (χ2n) is 7.79. The van der Waals surface area contributed by atoms with Crippen molar-refractivity contribution >= 4 is 11.8 Å². The summed E-state index contributed by atoms with van der Waals surface area (Å²) in [5.74, 6) is 1.54. The van der Waals surface area contributed by atoms with Crippen molar-refractivity contribution in [3.63, 3.8) is 0 Å². The summed E-state index contributed by atoms with van der Waals surface area (Å²) in [7, 11) is 1.62. The van der Waals surface area contributed by atoms with Crippen LogP contribution in [-0.2, 0) is 20.9 Å². The SMILES string of the molecule is C=C(C(=O)OCc1ccc(OC)cc1)[C@H]1CCC(C)[C@@H]2CC(=O)C(C)=C2C1. The predicted octanol–water partition coefficient (Wildman–Crippen LogP) is 4.64. The zero-order chi connectivity index (χ0) is 19.6. The largest absolute Gasteiger partial charge is 0.497 e. The highest BCUT2D eigenvalue weighted by Crippen LogP contribution is 2.45. The normalized spacial score (nSPS) is 25.0. The van der Waals surface area contributed by atoms with Crippen molar-refractivity contribution in [3.05, 3.63) is 53.1 Å². The van der Waals surface area contributed by atoms with Crippen molar-refractivity contribution in [2.75, 3.05) is 7.11 Å². The number of methoxy groups -OCH3 is 1. The molecule has 1 saturated carbocycles. The quantitative estimate of drug-likeness (QED) is 0.561. The fourth-order valence-electron chi connectivity index (χ4n) is 4.24. The van der Waals surface area contributed by atoms with Crippen LogP contribution in [0.15, 0.2) is 47.6 Å². The summed E-state index contributed by atoms with van der Waals surface area (Å²) in [5.41, 5.74) is 3.57. The number of ether oxygens (including phenoxy) is 2. The molecule has 4 heteroatoms. The van der Waals surface area contributed by atoms with Crippen LogP contribution in [0.5, 0.6) is 5.75 Å². The van der Waals surface area contributed by atoms with Crippen molar-refractivity contribution in [1.82, 2.24) is 0 Å². The first-order valence-electron chi connectivity index (χ1n) is 9.62. The Balaban J connectivity index is 1.63. The van der Waals surface area contributed by atoms with Gasteiger partial charge in [-0.3, -0.25) is 4.79 Å². The minimum atomic E-state index is -0.343. The molecule has 0 amide bonds. The minimum absolute atomic E-state index is 0.0525. The Kier molecular flexibility index (Phi) is 5.83. The highest BCUT2D eigenvalue weighted by Gasteiger charge is 2.38. The van der Waals surface area contributed by atoms with E-state index in [1.165, 1.54) is 5.57 Å². The van der Waals surface area contributed by atoms with Crippen LogP contribution in [0.4, 0.5) is 0 Å². The van der Waals surface area contributed by atoms with E-state index in [0.717, 1.165) is 36.1 Å². The Hall–Kier alpha value is -2.36. The number of fused-ring (bicyclic) bond motifs is 1. The second-order valence-corrected chi connectivity index (χ2v) is 7.79. The lowest BCUT2D eigenvalue weighted by atomic mass is 9.86. The summed E-state index contributed by atoms with van der Waals surface area (Å²) in [4.78, 5) is 24.7. The van der Waals surface area contributed by atoms with Gasteiger partial charge in [0.25, 0.3) is 0 Å². The molecular weight excluding hydrogens is 340 g/mol. The van der Waals surface area contributed by atoms with Gasteiger partial charge in [0.2, 0.25) is 0 Å². The molecule has 0 aliphatic heterocycles. The molecule has 0 saturated heterocycles. The van der Waals surface area contributed by atoms with Gasteiger partial charge in [0.1, 0.15) is 12.4 Å². The van der Waals surface area contributed by atoms with Gasteiger partial charge in [-0.25, -0.2) is 4.79 Å². The Bertz CT molecular complexity index is 772. The molecule has 3 rings (SSSR count). The fraction of sp³-hybridized carbons (Fsp3) is 0.478. The Labute approximate surface area is 161 Å². The molecule has 0 bridgehead atoms. The Morgan fingerprint density at radius 2 is 1.89 bits per heavy atom. The summed E-state index contributed by atoms with van der Waals surface area (Å²) in [5, 5.41) is 0. The van der Waals surface area contributed by atoms with Gasteiger partial charge < -0.3 is 9.47 Å². The first-order chi connectivity index (χ1) is 12.9. The number of Topliss-reactive ketones (excluding diaryl/α,β-unsaturated/α-hetero) is 1. The maximum Gasteiger partial charge on any atom is 0.334 e. The molecule has 1 fully saturated rings. The average molecular weight is 368 g/mol. The standard InChI is InChI=1S/C23H28O4/c1-14-5-8-18(11-21-16(3)22(24)12-20(14)21)15(2)23(25)27-13-17-6-9-19(26-4)10-7-17/h6-7,9-10,14,18,20H,2,5,8,11-13H2,1,3-4H3/t14?,18-,20-/m0/s1. The number of carbonyl (C=O) groups is 2. The lowest BCUT2D eigenvalue weighted by Gasteiger charge is -2.19. The number of hydrogen-bond donors (Lipinski definition) is 0. The molecule has 1 aromatic rings. The van der Waals surface area contributed by atoms with Crippen LogP contribution in [0.25, 0.3) is 0 Å². The van der Waals surface area contributed by atoms with Crippen LogP contribution in [0.3, 0.4) is 0 Å². The Morgan fingerprint density at radius 3 is 2.56 bits per heavy atom. The number of allylic oxidation sites excluding steroid dienone is 2. The van der Waals surface area contributed by atoms with E-state index in [9.17, 15) is 9.59 Å². The summed E-state index contributed by atoms with van der Waals surface area (Å²) >= 11 is 0. The van der Waals surface area contributed by atoms with E-state index in [0.29, 0.717) is 23.8 Å². The van der Waals surface area contributed by atoms with E-state index < -0.39 is 0 Å². The summed E-state index contributed by atoms with van der Waals surface area (Å²) < 4.78 is 10.6. The third-order valence-electron chi connectivity index (χ3n) is 6.16. The van der Waals surface area contributed by atoms with E-state index >= 15 is 0 Å². The maximum absolute atomic E-state index is 12.5. The molecule has 0 aromatic heterocycles. The van der Waals surface area contributed by atoms with Gasteiger partial charge in [-0.1, -0.05) is 31.2 Å². The van der Waals surface area contributed by atoms with E-state index in [4.69, 9.17) is 9.47 Å². The molecule has 0 N–H and O–H groups in total. The van der Waals surface area contributed by atoms with Gasteiger partial charge in [0, 0.05) is 12.0 Å². The third kappa shape index (κ3) is 4.15. The molecule has 3 atom stereocenters. The smallest absolute Gasteiger partial charge is 0.334 e. The van der Waals surface area contributed by atoms with E-state index in [1.807, 2.05) is 31.2 Å². The molecule has 0 spiro atoms. The molecule has 1 unspecified atom stereocenters. The second kappa shape index (κ2) is 8.12. The monoisotopic (exact) mass is 368 g/mol. The first-order valence-corrected chi connectivity index (χ1v) is 9.62. The molecule has 144 valence electrons. The van der Waals surface area contributed by atoms with Crippen LogP contribution < -0.4 is 4.74 Å². The number of rotatable bonds is 5. The number of ketones is 1. The predicted molar refractivity (Wildman–Crippen MR) is 104 cm³/mol. The molecule has 27 heavy (non-hydrogen) atoms. The number of esters is 1.